The molecule has 8 nitrogen and oxygen atoms in total. The van der Waals surface area contributed by atoms with Crippen LogP contribution >= 0.6 is 0 Å². The number of hydrogen-bond acceptors (Lipinski definition) is 5. The van der Waals surface area contributed by atoms with E-state index in [1.54, 1.807) is 48.5 Å². The summed E-state index contributed by atoms with van der Waals surface area (Å²) in [6, 6.07) is 22.6. The Labute approximate surface area is 217 Å². The number of carbonyl (C=O) groups excluding carboxylic acids is 2. The van der Waals surface area contributed by atoms with Gasteiger partial charge in [0.2, 0.25) is 10.0 Å². The van der Waals surface area contributed by atoms with Gasteiger partial charge in [-0.2, -0.15) is 0 Å². The third-order valence-corrected chi connectivity index (χ3v) is 7.69. The number of carbonyl (C=O) groups is 2. The van der Waals surface area contributed by atoms with Gasteiger partial charge in [-0.15, -0.1) is 0 Å². The molecule has 0 heterocycles. The number of hydrogen-bond donors (Lipinski definition) is 3. The molecule has 37 heavy (non-hydrogen) atoms. The summed E-state index contributed by atoms with van der Waals surface area (Å²) in [5, 5.41) is 5.15. The molecular formula is C28H31N3O5S. The zero-order valence-corrected chi connectivity index (χ0v) is 21.3. The van der Waals surface area contributed by atoms with Crippen LogP contribution in [-0.2, 0) is 26.0 Å². The second-order valence-corrected chi connectivity index (χ2v) is 10.7. The van der Waals surface area contributed by atoms with Crippen LogP contribution in [0.3, 0.4) is 0 Å². The Morgan fingerprint density at radius 1 is 0.784 bits per heavy atom. The summed E-state index contributed by atoms with van der Waals surface area (Å²) in [5.74, 6) is -0.212. The fraction of sp³-hybridized carbons (Fsp3) is 0.286. The van der Waals surface area contributed by atoms with Crippen molar-refractivity contribution < 1.29 is 22.7 Å². The zero-order valence-electron chi connectivity index (χ0n) is 20.5. The Hall–Kier alpha value is -3.69. The number of sulfonamides is 1. The van der Waals surface area contributed by atoms with Crippen molar-refractivity contribution in [1.29, 1.82) is 0 Å². The van der Waals surface area contributed by atoms with Gasteiger partial charge in [-0.05, 0) is 73.4 Å². The fourth-order valence-electron chi connectivity index (χ4n) is 4.16. The summed E-state index contributed by atoms with van der Waals surface area (Å²) in [7, 11) is -3.55. The molecule has 0 aliphatic heterocycles. The van der Waals surface area contributed by atoms with E-state index in [1.807, 2.05) is 30.3 Å². The minimum Gasteiger partial charge on any atom is -0.457 e. The van der Waals surface area contributed by atoms with Crippen LogP contribution in [0.25, 0.3) is 0 Å². The largest absolute Gasteiger partial charge is 0.457 e. The van der Waals surface area contributed by atoms with Gasteiger partial charge in [-0.3, -0.25) is 9.59 Å². The van der Waals surface area contributed by atoms with Gasteiger partial charge in [-0.1, -0.05) is 49.6 Å². The smallest absolute Gasteiger partial charge is 0.313 e. The third kappa shape index (κ3) is 7.90. The molecule has 0 spiro atoms. The highest BCUT2D eigenvalue weighted by Gasteiger charge is 2.21. The minimum absolute atomic E-state index is 0.000319. The minimum atomic E-state index is -3.55. The maximum Gasteiger partial charge on any atom is 0.313 e. The van der Waals surface area contributed by atoms with Gasteiger partial charge < -0.3 is 15.4 Å². The van der Waals surface area contributed by atoms with E-state index in [2.05, 4.69) is 15.4 Å². The third-order valence-electron chi connectivity index (χ3n) is 6.16. The Balaban J connectivity index is 1.20. The molecule has 0 radical (unpaired) electrons. The van der Waals surface area contributed by atoms with Gasteiger partial charge in [0.1, 0.15) is 11.5 Å². The number of anilines is 1. The Bertz CT molecular complexity index is 1290. The molecule has 3 aromatic rings. The molecule has 9 heteroatoms. The zero-order chi connectivity index (χ0) is 26.1. The maximum absolute atomic E-state index is 12.6. The Kier molecular flexibility index (Phi) is 8.92. The van der Waals surface area contributed by atoms with E-state index in [1.165, 1.54) is 0 Å². The standard InChI is InChI=1S/C28H31N3O5S/c32-27(28(33)30-22-13-15-25(16-14-22)36-24-9-5-2-6-10-24)29-20-19-21-11-17-26(18-12-21)37(34,35)31-23-7-3-1-4-8-23/h2,5-6,9-18,23,31H,1,3-4,7-8,19-20H2,(H,29,32)(H,30,33). The monoisotopic (exact) mass is 521 g/mol. The van der Waals surface area contributed by atoms with Crippen LogP contribution in [0.2, 0.25) is 0 Å². The van der Waals surface area contributed by atoms with Crippen LogP contribution < -0.4 is 20.1 Å². The predicted octanol–water partition coefficient (Wildman–Crippen LogP) is 4.39. The second kappa shape index (κ2) is 12.5. The first-order valence-corrected chi connectivity index (χ1v) is 13.9. The first kappa shape index (κ1) is 26.4. The molecule has 0 aromatic heterocycles. The predicted molar refractivity (Wildman–Crippen MR) is 142 cm³/mol. The van der Waals surface area contributed by atoms with Crippen LogP contribution in [0.15, 0.2) is 83.8 Å². The molecule has 1 aliphatic carbocycles. The number of para-hydroxylation sites is 1. The molecule has 0 atom stereocenters. The van der Waals surface area contributed by atoms with Crippen molar-refractivity contribution in [3.63, 3.8) is 0 Å². The second-order valence-electron chi connectivity index (χ2n) is 9.00. The number of benzene rings is 3. The lowest BCUT2D eigenvalue weighted by Gasteiger charge is -2.22. The van der Waals surface area contributed by atoms with Crippen molar-refractivity contribution in [1.82, 2.24) is 10.0 Å². The summed E-state index contributed by atoms with van der Waals surface area (Å²) < 4.78 is 33.8. The number of ether oxygens (including phenoxy) is 1. The highest BCUT2D eigenvalue weighted by molar-refractivity contribution is 7.89. The van der Waals surface area contributed by atoms with E-state index in [-0.39, 0.29) is 17.5 Å². The SMILES string of the molecule is O=C(NCCc1ccc(S(=O)(=O)NC2CCCCC2)cc1)C(=O)Nc1ccc(Oc2ccccc2)cc1. The summed E-state index contributed by atoms with van der Waals surface area (Å²) in [6.07, 6.45) is 5.46. The van der Waals surface area contributed by atoms with Crippen LogP contribution in [0.5, 0.6) is 11.5 Å². The molecule has 3 aromatic carbocycles. The van der Waals surface area contributed by atoms with Crippen molar-refractivity contribution >= 4 is 27.5 Å². The van der Waals surface area contributed by atoms with Gasteiger partial charge in [0.05, 0.1) is 4.90 Å². The van der Waals surface area contributed by atoms with E-state index in [4.69, 9.17) is 4.74 Å². The summed E-state index contributed by atoms with van der Waals surface area (Å²) >= 11 is 0. The Morgan fingerprint density at radius 3 is 2.11 bits per heavy atom. The molecule has 0 unspecified atom stereocenters. The van der Waals surface area contributed by atoms with Crippen molar-refractivity contribution in [2.75, 3.05) is 11.9 Å². The van der Waals surface area contributed by atoms with Gasteiger partial charge in [0.25, 0.3) is 0 Å². The molecule has 4 rings (SSSR count). The average Bonchev–Trinajstić information content (AvgIpc) is 2.91. The summed E-state index contributed by atoms with van der Waals surface area (Å²) in [4.78, 5) is 24.6. The van der Waals surface area contributed by atoms with Crippen molar-refractivity contribution in [2.24, 2.45) is 0 Å². The van der Waals surface area contributed by atoms with E-state index < -0.39 is 21.8 Å². The van der Waals surface area contributed by atoms with Gasteiger partial charge in [0.15, 0.2) is 0 Å². The van der Waals surface area contributed by atoms with Crippen molar-refractivity contribution in [3.05, 3.63) is 84.4 Å². The fourth-order valence-corrected chi connectivity index (χ4v) is 5.47. The van der Waals surface area contributed by atoms with Crippen molar-refractivity contribution in [2.45, 2.75) is 49.5 Å². The van der Waals surface area contributed by atoms with Gasteiger partial charge in [0, 0.05) is 18.3 Å². The first-order chi connectivity index (χ1) is 17.9. The average molecular weight is 522 g/mol. The lowest BCUT2D eigenvalue weighted by molar-refractivity contribution is -0.136. The Morgan fingerprint density at radius 2 is 1.43 bits per heavy atom. The highest BCUT2D eigenvalue weighted by Crippen LogP contribution is 2.23. The molecule has 0 bridgehead atoms. The van der Waals surface area contributed by atoms with Crippen LogP contribution in [0, 0.1) is 0 Å². The van der Waals surface area contributed by atoms with Gasteiger partial charge >= 0.3 is 11.8 Å². The summed E-state index contributed by atoms with van der Waals surface area (Å²) in [5.41, 5.74) is 1.32. The number of rotatable bonds is 9. The van der Waals surface area contributed by atoms with E-state index in [9.17, 15) is 18.0 Å². The van der Waals surface area contributed by atoms with Crippen LogP contribution in [-0.4, -0.2) is 32.8 Å². The van der Waals surface area contributed by atoms with E-state index in [0.717, 1.165) is 37.7 Å². The highest BCUT2D eigenvalue weighted by atomic mass is 32.2. The molecule has 0 saturated heterocycles. The van der Waals surface area contributed by atoms with E-state index in [0.29, 0.717) is 23.6 Å². The molecular weight excluding hydrogens is 490 g/mol. The number of nitrogens with one attached hydrogen (secondary N) is 3. The lowest BCUT2D eigenvalue weighted by Crippen LogP contribution is -2.36. The van der Waals surface area contributed by atoms with E-state index >= 15 is 0 Å². The molecule has 194 valence electrons. The van der Waals surface area contributed by atoms with Crippen LogP contribution in [0.1, 0.15) is 37.7 Å². The molecule has 1 saturated carbocycles. The molecule has 1 aliphatic rings. The first-order valence-electron chi connectivity index (χ1n) is 12.4. The molecule has 2 amide bonds. The van der Waals surface area contributed by atoms with Gasteiger partial charge in [-0.25, -0.2) is 13.1 Å². The maximum atomic E-state index is 12.6. The quantitative estimate of drug-likeness (QED) is 0.362. The normalized spacial score (nSPS) is 14.1. The molecule has 1 fully saturated rings. The van der Waals surface area contributed by atoms with Crippen molar-refractivity contribution in [3.8, 4) is 11.5 Å². The van der Waals surface area contributed by atoms with Crippen LogP contribution in [0.4, 0.5) is 5.69 Å². The molecule has 3 N–H and O–H groups in total. The topological polar surface area (TPSA) is 114 Å². The lowest BCUT2D eigenvalue weighted by atomic mass is 9.96. The summed E-state index contributed by atoms with van der Waals surface area (Å²) in [6.45, 7) is 0.239. The number of amides is 2.